The Morgan fingerprint density at radius 3 is 0.947 bits per heavy atom. The molecule has 0 unspecified atom stereocenters. The Labute approximate surface area is 650 Å². The fraction of sp³-hybridized carbons (Fsp3) is 0. The first-order valence-electron chi connectivity index (χ1n) is 38.1. The predicted octanol–water partition coefficient (Wildman–Crippen LogP) is 29.0. The Hall–Kier alpha value is -15.5. The molecule has 8 heterocycles. The molecule has 0 amide bonds. The van der Waals surface area contributed by atoms with Crippen LogP contribution in [0.2, 0.25) is 0 Å². The highest BCUT2D eigenvalue weighted by atomic mass is 16.3. The van der Waals surface area contributed by atoms with Gasteiger partial charge in [-0.1, -0.05) is 255 Å². The summed E-state index contributed by atoms with van der Waals surface area (Å²) >= 11 is 0. The summed E-state index contributed by atoms with van der Waals surface area (Å²) in [5.74, 6) is 1.27. The van der Waals surface area contributed by atoms with E-state index in [1.807, 2.05) is 127 Å². The highest BCUT2D eigenvalue weighted by molar-refractivity contribution is 6.15. The zero-order valence-corrected chi connectivity index (χ0v) is 60.9. The quantitative estimate of drug-likeness (QED) is 0.130. The van der Waals surface area contributed by atoms with Gasteiger partial charge >= 0.3 is 0 Å². The van der Waals surface area contributed by atoms with Crippen LogP contribution < -0.4 is 0 Å². The molecule has 0 radical (unpaired) electrons. The maximum atomic E-state index is 6.64. The molecule has 0 aliphatic carbocycles. The highest BCUT2D eigenvalue weighted by Gasteiger charge is 2.25. The molecule has 8 aromatic heterocycles. The maximum absolute atomic E-state index is 6.64. The standard InChI is InChI=1S/2C52H30N2O3/c1-2-13-31(14-3-1)52-53-44(42-23-12-22-41-37-17-6-9-26-48(37)57-51(41)42)30-45(54-52)43-29-32(33-18-10-20-39-35-15-4-7-24-46(35)55-49(33)39)27-28-34(43)38-19-11-21-40-36-16-5-8-25-47(36)56-50(38)40;1-2-10-31(11-3-1)52-53-44(35-21-25-51-43(29-35)39-14-6-9-17-48(39)57-51)30-45(54-52)40-26-32(33-19-23-49-41(27-33)37-12-4-7-15-46(37)55-49)18-22-36(40)34-20-24-50-42(28-34)38-13-5-8-16-47(38)56-50/h2*1-30H. The summed E-state index contributed by atoms with van der Waals surface area (Å²) in [6, 6.07) is 125. The highest BCUT2D eigenvalue weighted by Crippen LogP contribution is 2.47. The van der Waals surface area contributed by atoms with Crippen LogP contribution >= 0.6 is 0 Å². The molecule has 0 spiro atoms. The molecule has 0 saturated carbocycles. The van der Waals surface area contributed by atoms with E-state index in [4.69, 9.17) is 46.4 Å². The molecule has 0 N–H and O–H groups in total. The molecule has 0 aliphatic rings. The van der Waals surface area contributed by atoms with Crippen LogP contribution in [0.25, 0.3) is 244 Å². The molecular weight excluding hydrogens is 1400 g/mol. The fourth-order valence-electron chi connectivity index (χ4n) is 16.8. The van der Waals surface area contributed by atoms with Gasteiger partial charge in [-0.25, -0.2) is 19.9 Å². The van der Waals surface area contributed by atoms with Crippen LogP contribution in [-0.2, 0) is 0 Å². The third-order valence-corrected chi connectivity index (χ3v) is 22.3. The third-order valence-electron chi connectivity index (χ3n) is 22.3. The van der Waals surface area contributed by atoms with E-state index in [-0.39, 0.29) is 0 Å². The van der Waals surface area contributed by atoms with E-state index in [9.17, 15) is 0 Å². The zero-order valence-electron chi connectivity index (χ0n) is 60.9. The van der Waals surface area contributed by atoms with Gasteiger partial charge < -0.3 is 26.5 Å². The molecule has 0 atom stereocenters. The van der Waals surface area contributed by atoms with Crippen molar-refractivity contribution in [3.8, 4) is 112 Å². The van der Waals surface area contributed by atoms with E-state index < -0.39 is 0 Å². The van der Waals surface area contributed by atoms with Crippen LogP contribution in [0.5, 0.6) is 0 Å². The lowest BCUT2D eigenvalue weighted by Crippen LogP contribution is -1.98. The lowest BCUT2D eigenvalue weighted by molar-refractivity contribution is 0.668. The molecule has 0 saturated heterocycles. The average molecular weight is 1460 g/mol. The van der Waals surface area contributed by atoms with Crippen LogP contribution in [0.4, 0.5) is 0 Å². The van der Waals surface area contributed by atoms with Crippen LogP contribution in [0.1, 0.15) is 0 Å². The summed E-state index contributed by atoms with van der Waals surface area (Å²) in [7, 11) is 0. The predicted molar refractivity (Wildman–Crippen MR) is 462 cm³/mol. The van der Waals surface area contributed by atoms with Gasteiger partial charge in [-0.2, -0.15) is 0 Å². The molecule has 114 heavy (non-hydrogen) atoms. The minimum Gasteiger partial charge on any atom is -0.456 e. The van der Waals surface area contributed by atoms with Crippen LogP contribution in [0, 0.1) is 0 Å². The van der Waals surface area contributed by atoms with Crippen LogP contribution in [0.15, 0.2) is 390 Å². The maximum Gasteiger partial charge on any atom is 0.160 e. The van der Waals surface area contributed by atoms with E-state index in [0.717, 1.165) is 232 Å². The van der Waals surface area contributed by atoms with Crippen LogP contribution in [-0.4, -0.2) is 19.9 Å². The topological polar surface area (TPSA) is 130 Å². The molecule has 532 valence electrons. The molecule has 0 fully saturated rings. The smallest absolute Gasteiger partial charge is 0.160 e. The second-order valence-corrected chi connectivity index (χ2v) is 28.9. The molecule has 24 rings (SSSR count). The van der Waals surface area contributed by atoms with Crippen molar-refractivity contribution in [2.45, 2.75) is 0 Å². The van der Waals surface area contributed by atoms with Crippen molar-refractivity contribution in [3.63, 3.8) is 0 Å². The molecular formula is C104H60N4O6. The van der Waals surface area contributed by atoms with Crippen molar-refractivity contribution < 1.29 is 26.5 Å². The van der Waals surface area contributed by atoms with E-state index >= 15 is 0 Å². The molecule has 0 bridgehead atoms. The van der Waals surface area contributed by atoms with Gasteiger partial charge in [-0.15, -0.1) is 0 Å². The average Bonchev–Trinajstić information content (AvgIpc) is 1.46. The van der Waals surface area contributed by atoms with Crippen molar-refractivity contribution in [1.29, 1.82) is 0 Å². The van der Waals surface area contributed by atoms with Gasteiger partial charge in [0, 0.05) is 109 Å². The van der Waals surface area contributed by atoms with E-state index in [1.165, 1.54) is 0 Å². The summed E-state index contributed by atoms with van der Waals surface area (Å²) < 4.78 is 38.4. The van der Waals surface area contributed by atoms with Gasteiger partial charge in [0.25, 0.3) is 0 Å². The zero-order chi connectivity index (χ0) is 74.9. The molecule has 24 aromatic rings. The Morgan fingerprint density at radius 2 is 0.439 bits per heavy atom. The molecule has 10 heteroatoms. The van der Waals surface area contributed by atoms with Crippen LogP contribution in [0.3, 0.4) is 0 Å². The molecule has 0 aliphatic heterocycles. The minimum absolute atomic E-state index is 0.619. The summed E-state index contributed by atoms with van der Waals surface area (Å²) in [6.45, 7) is 0. The van der Waals surface area contributed by atoms with E-state index in [0.29, 0.717) is 11.6 Å². The van der Waals surface area contributed by atoms with Crippen molar-refractivity contribution in [2.75, 3.05) is 0 Å². The first-order valence-corrected chi connectivity index (χ1v) is 38.1. The lowest BCUT2D eigenvalue weighted by atomic mass is 9.91. The summed E-state index contributed by atoms with van der Waals surface area (Å²) in [5, 5.41) is 12.9. The summed E-state index contributed by atoms with van der Waals surface area (Å²) in [4.78, 5) is 21.2. The van der Waals surface area contributed by atoms with Crippen molar-refractivity contribution in [2.24, 2.45) is 0 Å². The normalized spacial score (nSPS) is 11.9. The van der Waals surface area contributed by atoms with Gasteiger partial charge in [0.05, 0.1) is 22.8 Å². The van der Waals surface area contributed by atoms with Crippen molar-refractivity contribution in [3.05, 3.63) is 364 Å². The van der Waals surface area contributed by atoms with Crippen molar-refractivity contribution >= 4 is 132 Å². The number of para-hydroxylation sites is 9. The molecule has 10 nitrogen and oxygen atoms in total. The SMILES string of the molecule is c1ccc(-c2nc(-c3cc(-c4cccc5c4oc4ccccc45)ccc3-c3cccc4c3oc3ccccc34)cc(-c3cccc4c3oc3ccccc34)n2)cc1.c1ccc(-c2nc(-c3ccc4oc5ccccc5c4c3)cc(-c3cc(-c4ccc5oc6ccccc6c5c4)ccc3-c3ccc4oc5ccccc5c4c3)n2)cc1. The number of fused-ring (bicyclic) bond motifs is 18. The van der Waals surface area contributed by atoms with E-state index in [1.54, 1.807) is 0 Å². The van der Waals surface area contributed by atoms with Gasteiger partial charge in [-0.05, 0) is 143 Å². The van der Waals surface area contributed by atoms with Gasteiger partial charge in [0.15, 0.2) is 11.6 Å². The number of hydrogen-bond acceptors (Lipinski definition) is 10. The minimum atomic E-state index is 0.619. The third kappa shape index (κ3) is 10.8. The second-order valence-electron chi connectivity index (χ2n) is 28.9. The fourth-order valence-corrected chi connectivity index (χ4v) is 16.8. The Balaban J connectivity index is 0.000000135. The lowest BCUT2D eigenvalue weighted by Gasteiger charge is -2.15. The first kappa shape index (κ1) is 64.5. The van der Waals surface area contributed by atoms with Gasteiger partial charge in [-0.3, -0.25) is 0 Å². The number of benzene rings is 16. The summed E-state index contributed by atoms with van der Waals surface area (Å²) in [6.07, 6.45) is 0. The van der Waals surface area contributed by atoms with Crippen molar-refractivity contribution in [1.82, 2.24) is 19.9 Å². The number of rotatable bonds is 10. The van der Waals surface area contributed by atoms with Gasteiger partial charge in [0.1, 0.15) is 67.0 Å². The largest absolute Gasteiger partial charge is 0.456 e. The molecule has 16 aromatic carbocycles. The number of aromatic nitrogens is 4. The summed E-state index contributed by atoms with van der Waals surface area (Å²) in [5.41, 5.74) is 27.3. The Bertz CT molecular complexity index is 8020. The number of hydrogen-bond donors (Lipinski definition) is 0. The van der Waals surface area contributed by atoms with Gasteiger partial charge in [0.2, 0.25) is 0 Å². The monoisotopic (exact) mass is 1460 g/mol. The van der Waals surface area contributed by atoms with E-state index in [2.05, 4.69) is 237 Å². The first-order chi connectivity index (χ1) is 56.4. The second kappa shape index (κ2) is 26.1. The Kier molecular flexibility index (Phi) is 14.8. The Morgan fingerprint density at radius 1 is 0.140 bits per heavy atom. The number of nitrogens with zero attached hydrogens (tertiary/aromatic N) is 4. The number of furan rings is 6.